The number of nitrogens with zero attached hydrogens (tertiary/aromatic N) is 1. The minimum Gasteiger partial charge on any atom is -0.385 e. The molecule has 1 aliphatic rings. The summed E-state index contributed by atoms with van der Waals surface area (Å²) in [5, 5.41) is 3.45. The molecule has 4 nitrogen and oxygen atoms in total. The summed E-state index contributed by atoms with van der Waals surface area (Å²) >= 11 is 0. The van der Waals surface area contributed by atoms with Crippen LogP contribution in [0.3, 0.4) is 0 Å². The van der Waals surface area contributed by atoms with E-state index in [0.717, 1.165) is 58.8 Å². The van der Waals surface area contributed by atoms with E-state index in [-0.39, 0.29) is 0 Å². The molecule has 118 valence electrons. The average Bonchev–Trinajstić information content (AvgIpc) is 2.53. The summed E-state index contributed by atoms with van der Waals surface area (Å²) in [4.78, 5) is 2.47. The molecular weight excluding hydrogens is 264 g/mol. The fourth-order valence-corrected chi connectivity index (χ4v) is 2.92. The van der Waals surface area contributed by atoms with E-state index in [9.17, 15) is 0 Å². The zero-order valence-corrected chi connectivity index (χ0v) is 13.4. The second kappa shape index (κ2) is 9.15. The van der Waals surface area contributed by atoms with Gasteiger partial charge in [-0.05, 0) is 36.1 Å². The molecule has 0 aliphatic carbocycles. The highest BCUT2D eigenvalue weighted by Gasteiger charge is 2.14. The van der Waals surface area contributed by atoms with Crippen LogP contribution >= 0.6 is 0 Å². The summed E-state index contributed by atoms with van der Waals surface area (Å²) < 4.78 is 10.4. The molecule has 2 rings (SSSR count). The minimum atomic E-state index is 0.781. The normalized spacial score (nSPS) is 14.4. The minimum absolute atomic E-state index is 0.781. The maximum atomic E-state index is 5.25. The van der Waals surface area contributed by atoms with Crippen LogP contribution in [0.15, 0.2) is 18.2 Å². The molecule has 0 saturated carbocycles. The van der Waals surface area contributed by atoms with Crippen molar-refractivity contribution in [2.45, 2.75) is 25.9 Å². The van der Waals surface area contributed by atoms with Crippen LogP contribution in [0.2, 0.25) is 0 Å². The highest BCUT2D eigenvalue weighted by molar-refractivity contribution is 5.37. The van der Waals surface area contributed by atoms with Gasteiger partial charge in [0.2, 0.25) is 0 Å². The largest absolute Gasteiger partial charge is 0.385 e. The number of benzene rings is 1. The lowest BCUT2D eigenvalue weighted by atomic mass is 9.95. The van der Waals surface area contributed by atoms with Crippen LogP contribution in [0.1, 0.15) is 23.1 Å². The zero-order chi connectivity index (χ0) is 14.9. The fraction of sp³-hybridized carbons (Fsp3) is 0.647. The van der Waals surface area contributed by atoms with Gasteiger partial charge in [-0.2, -0.15) is 0 Å². The van der Waals surface area contributed by atoms with Gasteiger partial charge in [-0.25, -0.2) is 0 Å². The Hall–Kier alpha value is -0.940. The number of hydrogen-bond donors (Lipinski definition) is 1. The van der Waals surface area contributed by atoms with Crippen LogP contribution < -0.4 is 5.32 Å². The monoisotopic (exact) mass is 292 g/mol. The Morgan fingerprint density at radius 1 is 1.14 bits per heavy atom. The van der Waals surface area contributed by atoms with Crippen LogP contribution in [0.4, 0.5) is 0 Å². The molecule has 0 fully saturated rings. The molecule has 1 N–H and O–H groups in total. The third-order valence-electron chi connectivity index (χ3n) is 4.07. The molecule has 0 radical (unpaired) electrons. The number of ether oxygens (including phenoxy) is 2. The van der Waals surface area contributed by atoms with Crippen molar-refractivity contribution in [1.29, 1.82) is 0 Å². The number of nitrogens with one attached hydrogen (secondary N) is 1. The average molecular weight is 292 g/mol. The first-order valence-electron chi connectivity index (χ1n) is 7.85. The highest BCUT2D eigenvalue weighted by atomic mass is 16.5. The smallest absolute Gasteiger partial charge is 0.0589 e. The molecular formula is C17H28N2O2. The molecule has 21 heavy (non-hydrogen) atoms. The first kappa shape index (κ1) is 16.4. The van der Waals surface area contributed by atoms with Crippen molar-refractivity contribution in [3.05, 3.63) is 34.9 Å². The lowest BCUT2D eigenvalue weighted by Crippen LogP contribution is -2.31. The third-order valence-corrected chi connectivity index (χ3v) is 4.07. The molecule has 1 aromatic rings. The Morgan fingerprint density at radius 3 is 2.81 bits per heavy atom. The zero-order valence-electron chi connectivity index (χ0n) is 13.4. The van der Waals surface area contributed by atoms with Crippen molar-refractivity contribution in [2.24, 2.45) is 0 Å². The van der Waals surface area contributed by atoms with Gasteiger partial charge in [0.25, 0.3) is 0 Å². The Labute approximate surface area is 128 Å². The van der Waals surface area contributed by atoms with Crippen LogP contribution in [0.25, 0.3) is 0 Å². The molecule has 1 aromatic carbocycles. The number of methoxy groups -OCH3 is 2. The van der Waals surface area contributed by atoms with Crippen molar-refractivity contribution < 1.29 is 9.47 Å². The van der Waals surface area contributed by atoms with E-state index in [4.69, 9.17) is 9.47 Å². The van der Waals surface area contributed by atoms with E-state index in [1.54, 1.807) is 19.8 Å². The lowest BCUT2D eigenvalue weighted by Gasteiger charge is -2.26. The van der Waals surface area contributed by atoms with Crippen molar-refractivity contribution in [3.63, 3.8) is 0 Å². The Balaban J connectivity index is 2.01. The second-order valence-electron chi connectivity index (χ2n) is 5.60. The van der Waals surface area contributed by atoms with Crippen molar-refractivity contribution in [1.82, 2.24) is 10.2 Å². The molecule has 0 bridgehead atoms. The van der Waals surface area contributed by atoms with Gasteiger partial charge >= 0.3 is 0 Å². The standard InChI is InChI=1S/C17H28N2O2/c1-20-11-4-9-19(10-12-21-2)14-16-6-3-5-15-13-18-8-7-17(15)16/h3,5-6,18H,4,7-14H2,1-2H3. The molecule has 1 aliphatic heterocycles. The van der Waals surface area contributed by atoms with Gasteiger partial charge in [0.15, 0.2) is 0 Å². The van der Waals surface area contributed by atoms with Gasteiger partial charge < -0.3 is 14.8 Å². The third kappa shape index (κ3) is 5.08. The predicted octanol–water partition coefficient (Wildman–Crippen LogP) is 1.82. The number of hydrogen-bond acceptors (Lipinski definition) is 4. The van der Waals surface area contributed by atoms with Crippen LogP contribution in [-0.4, -0.2) is 52.0 Å². The van der Waals surface area contributed by atoms with Gasteiger partial charge in [0.1, 0.15) is 0 Å². The molecule has 0 unspecified atom stereocenters. The summed E-state index contributed by atoms with van der Waals surface area (Å²) in [6.07, 6.45) is 2.21. The molecule has 1 heterocycles. The number of rotatable bonds is 9. The van der Waals surface area contributed by atoms with Gasteiger partial charge in [0, 0.05) is 47.0 Å². The van der Waals surface area contributed by atoms with E-state index >= 15 is 0 Å². The van der Waals surface area contributed by atoms with E-state index in [0.29, 0.717) is 0 Å². The van der Waals surface area contributed by atoms with Crippen molar-refractivity contribution in [3.8, 4) is 0 Å². The molecule has 0 atom stereocenters. The number of fused-ring (bicyclic) bond motifs is 1. The Morgan fingerprint density at radius 2 is 2.00 bits per heavy atom. The predicted molar refractivity (Wildman–Crippen MR) is 85.5 cm³/mol. The van der Waals surface area contributed by atoms with Crippen LogP contribution in [0.5, 0.6) is 0 Å². The fourth-order valence-electron chi connectivity index (χ4n) is 2.92. The summed E-state index contributed by atoms with van der Waals surface area (Å²) in [7, 11) is 3.53. The molecule has 0 aromatic heterocycles. The maximum Gasteiger partial charge on any atom is 0.0589 e. The van der Waals surface area contributed by atoms with E-state index < -0.39 is 0 Å². The molecule has 0 amide bonds. The van der Waals surface area contributed by atoms with E-state index in [2.05, 4.69) is 28.4 Å². The van der Waals surface area contributed by atoms with Gasteiger partial charge in [-0.3, -0.25) is 4.90 Å². The maximum absolute atomic E-state index is 5.25. The first-order valence-corrected chi connectivity index (χ1v) is 7.85. The molecule has 0 spiro atoms. The molecule has 0 saturated heterocycles. The summed E-state index contributed by atoms with van der Waals surface area (Å²) in [6.45, 7) is 6.73. The summed E-state index contributed by atoms with van der Waals surface area (Å²) in [6, 6.07) is 6.71. The second-order valence-corrected chi connectivity index (χ2v) is 5.60. The SMILES string of the molecule is COCCCN(CCOC)Cc1cccc2c1CCNC2. The van der Waals surface area contributed by atoms with Crippen molar-refractivity contribution in [2.75, 3.05) is 47.1 Å². The Bertz CT molecular complexity index is 423. The quantitative estimate of drug-likeness (QED) is 0.704. The van der Waals surface area contributed by atoms with Gasteiger partial charge in [-0.1, -0.05) is 18.2 Å². The summed E-state index contributed by atoms with van der Waals surface area (Å²) in [5.74, 6) is 0. The Kier molecular flexibility index (Phi) is 7.16. The topological polar surface area (TPSA) is 33.7 Å². The van der Waals surface area contributed by atoms with Crippen LogP contribution in [0, 0.1) is 0 Å². The molecule has 4 heteroatoms. The van der Waals surface area contributed by atoms with Crippen molar-refractivity contribution >= 4 is 0 Å². The van der Waals surface area contributed by atoms with Crippen LogP contribution in [-0.2, 0) is 29.0 Å². The van der Waals surface area contributed by atoms with Gasteiger partial charge in [0.05, 0.1) is 6.61 Å². The summed E-state index contributed by atoms with van der Waals surface area (Å²) in [5.41, 5.74) is 4.48. The highest BCUT2D eigenvalue weighted by Crippen LogP contribution is 2.20. The van der Waals surface area contributed by atoms with E-state index in [1.807, 2.05) is 0 Å². The van der Waals surface area contributed by atoms with E-state index in [1.165, 1.54) is 11.1 Å². The first-order chi connectivity index (χ1) is 10.3. The lowest BCUT2D eigenvalue weighted by molar-refractivity contribution is 0.129. The van der Waals surface area contributed by atoms with Gasteiger partial charge in [-0.15, -0.1) is 0 Å².